The summed E-state index contributed by atoms with van der Waals surface area (Å²) in [6.45, 7) is 6.39. The Morgan fingerprint density at radius 1 is 1.53 bits per heavy atom. The van der Waals surface area contributed by atoms with Crippen LogP contribution in [-0.2, 0) is 4.74 Å². The summed E-state index contributed by atoms with van der Waals surface area (Å²) in [6, 6.07) is 4.87. The summed E-state index contributed by atoms with van der Waals surface area (Å²) in [6.07, 6.45) is 0. The quantitative estimate of drug-likeness (QED) is 0.643. The number of ether oxygens (including phenoxy) is 1. The van der Waals surface area contributed by atoms with Gasteiger partial charge in [-0.05, 0) is 18.6 Å². The summed E-state index contributed by atoms with van der Waals surface area (Å²) in [7, 11) is 0. The zero-order valence-electron chi connectivity index (χ0n) is 10.0. The van der Waals surface area contributed by atoms with Crippen LogP contribution >= 0.6 is 0 Å². The molecule has 92 valence electrons. The molecule has 0 amide bonds. The third-order valence-corrected chi connectivity index (χ3v) is 3.03. The van der Waals surface area contributed by atoms with Gasteiger partial charge < -0.3 is 10.1 Å². The van der Waals surface area contributed by atoms with E-state index < -0.39 is 0 Å². The molecule has 2 rings (SSSR count). The highest BCUT2D eigenvalue weighted by molar-refractivity contribution is 5.55. The maximum atomic E-state index is 10.6. The van der Waals surface area contributed by atoms with Crippen molar-refractivity contribution in [2.24, 2.45) is 5.41 Å². The summed E-state index contributed by atoms with van der Waals surface area (Å²) in [4.78, 5) is 10.2. The average Bonchev–Trinajstić information content (AvgIpc) is 2.24. The van der Waals surface area contributed by atoms with E-state index in [2.05, 4.69) is 12.2 Å². The SMILES string of the molecule is Cc1cc([N+](=O)[O-])ccc1NCC1(C)COC1. The molecule has 0 radical (unpaired) electrons. The van der Waals surface area contributed by atoms with Gasteiger partial charge in [0, 0.05) is 29.8 Å². The Kier molecular flexibility index (Phi) is 3.02. The topological polar surface area (TPSA) is 64.4 Å². The van der Waals surface area contributed by atoms with Crippen molar-refractivity contribution in [1.29, 1.82) is 0 Å². The fourth-order valence-corrected chi connectivity index (χ4v) is 1.82. The summed E-state index contributed by atoms with van der Waals surface area (Å²) in [5.74, 6) is 0. The van der Waals surface area contributed by atoms with Gasteiger partial charge in [-0.1, -0.05) is 6.92 Å². The third-order valence-electron chi connectivity index (χ3n) is 3.03. The van der Waals surface area contributed by atoms with Crippen molar-refractivity contribution in [3.8, 4) is 0 Å². The molecule has 1 aromatic carbocycles. The standard InChI is InChI=1S/C12H16N2O3/c1-9-5-10(14(15)16)3-4-11(9)13-6-12(2)7-17-8-12/h3-5,13H,6-8H2,1-2H3. The van der Waals surface area contributed by atoms with Crippen LogP contribution in [0.1, 0.15) is 12.5 Å². The first kappa shape index (κ1) is 11.9. The lowest BCUT2D eigenvalue weighted by Gasteiger charge is -2.38. The molecule has 1 saturated heterocycles. The molecule has 1 heterocycles. The van der Waals surface area contributed by atoms with E-state index >= 15 is 0 Å². The van der Waals surface area contributed by atoms with Crippen LogP contribution in [0, 0.1) is 22.5 Å². The maximum absolute atomic E-state index is 10.6. The van der Waals surface area contributed by atoms with E-state index in [1.165, 1.54) is 6.07 Å². The van der Waals surface area contributed by atoms with Gasteiger partial charge >= 0.3 is 0 Å². The molecule has 0 aromatic heterocycles. The van der Waals surface area contributed by atoms with E-state index in [1.807, 2.05) is 6.92 Å². The molecule has 0 aliphatic carbocycles. The lowest BCUT2D eigenvalue weighted by atomic mass is 9.88. The highest BCUT2D eigenvalue weighted by Gasteiger charge is 2.33. The number of hydrogen-bond donors (Lipinski definition) is 1. The molecular formula is C12H16N2O3. The molecule has 1 aliphatic rings. The first-order valence-corrected chi connectivity index (χ1v) is 5.57. The second kappa shape index (κ2) is 4.33. The van der Waals surface area contributed by atoms with E-state index in [0.29, 0.717) is 0 Å². The number of nitrogens with one attached hydrogen (secondary N) is 1. The molecule has 0 unspecified atom stereocenters. The molecule has 5 heteroatoms. The molecule has 0 saturated carbocycles. The third kappa shape index (κ3) is 2.55. The van der Waals surface area contributed by atoms with Gasteiger partial charge in [-0.15, -0.1) is 0 Å². The van der Waals surface area contributed by atoms with Crippen molar-refractivity contribution >= 4 is 11.4 Å². The minimum Gasteiger partial charge on any atom is -0.384 e. The zero-order valence-corrected chi connectivity index (χ0v) is 10.0. The minimum atomic E-state index is -0.377. The highest BCUT2D eigenvalue weighted by Crippen LogP contribution is 2.28. The molecule has 1 fully saturated rings. The van der Waals surface area contributed by atoms with E-state index in [4.69, 9.17) is 4.74 Å². The van der Waals surface area contributed by atoms with Crippen molar-refractivity contribution in [3.05, 3.63) is 33.9 Å². The molecule has 1 aromatic rings. The number of nitro benzene ring substituents is 1. The largest absolute Gasteiger partial charge is 0.384 e. The van der Waals surface area contributed by atoms with Crippen LogP contribution in [0.3, 0.4) is 0 Å². The van der Waals surface area contributed by atoms with Gasteiger partial charge in [0.05, 0.1) is 18.1 Å². The molecule has 1 N–H and O–H groups in total. The zero-order chi connectivity index (χ0) is 12.5. The number of non-ortho nitro benzene ring substituents is 1. The van der Waals surface area contributed by atoms with E-state index in [9.17, 15) is 10.1 Å². The van der Waals surface area contributed by atoms with Gasteiger partial charge in [-0.3, -0.25) is 10.1 Å². The van der Waals surface area contributed by atoms with Crippen LogP contribution in [0.15, 0.2) is 18.2 Å². The summed E-state index contributed by atoms with van der Waals surface area (Å²) >= 11 is 0. The van der Waals surface area contributed by atoms with Crippen molar-refractivity contribution in [3.63, 3.8) is 0 Å². The lowest BCUT2D eigenvalue weighted by Crippen LogP contribution is -2.45. The summed E-state index contributed by atoms with van der Waals surface area (Å²) in [5.41, 5.74) is 2.16. The fourth-order valence-electron chi connectivity index (χ4n) is 1.82. The van der Waals surface area contributed by atoms with E-state index in [0.717, 1.165) is 31.0 Å². The Morgan fingerprint density at radius 2 is 2.24 bits per heavy atom. The van der Waals surface area contributed by atoms with Crippen LogP contribution in [0.5, 0.6) is 0 Å². The van der Waals surface area contributed by atoms with Gasteiger partial charge in [0.15, 0.2) is 0 Å². The van der Waals surface area contributed by atoms with Crippen molar-refractivity contribution in [2.75, 3.05) is 25.1 Å². The minimum absolute atomic E-state index is 0.131. The highest BCUT2D eigenvalue weighted by atomic mass is 16.6. The first-order valence-electron chi connectivity index (χ1n) is 5.57. The van der Waals surface area contributed by atoms with Gasteiger partial charge in [0.2, 0.25) is 0 Å². The maximum Gasteiger partial charge on any atom is 0.269 e. The molecule has 5 nitrogen and oxygen atoms in total. The van der Waals surface area contributed by atoms with Crippen molar-refractivity contribution < 1.29 is 9.66 Å². The van der Waals surface area contributed by atoms with Gasteiger partial charge in [-0.25, -0.2) is 0 Å². The van der Waals surface area contributed by atoms with Crippen LogP contribution in [0.25, 0.3) is 0 Å². The predicted molar refractivity (Wildman–Crippen MR) is 65.2 cm³/mol. The summed E-state index contributed by atoms with van der Waals surface area (Å²) in [5, 5.41) is 13.9. The van der Waals surface area contributed by atoms with Gasteiger partial charge in [0.1, 0.15) is 0 Å². The van der Waals surface area contributed by atoms with E-state index in [-0.39, 0.29) is 16.0 Å². The number of aryl methyl sites for hydroxylation is 1. The molecule has 1 aliphatic heterocycles. The predicted octanol–water partition coefficient (Wildman–Crippen LogP) is 2.35. The first-order chi connectivity index (χ1) is 8.00. The summed E-state index contributed by atoms with van der Waals surface area (Å²) < 4.78 is 5.18. The molecule has 17 heavy (non-hydrogen) atoms. The molecule has 0 bridgehead atoms. The Hall–Kier alpha value is -1.62. The van der Waals surface area contributed by atoms with Crippen LogP contribution in [0.4, 0.5) is 11.4 Å². The average molecular weight is 236 g/mol. The Morgan fingerprint density at radius 3 is 2.71 bits per heavy atom. The van der Waals surface area contributed by atoms with Crippen molar-refractivity contribution in [1.82, 2.24) is 0 Å². The van der Waals surface area contributed by atoms with Crippen LogP contribution < -0.4 is 5.32 Å². The monoisotopic (exact) mass is 236 g/mol. The van der Waals surface area contributed by atoms with Gasteiger partial charge in [0.25, 0.3) is 5.69 Å². The Balaban J connectivity index is 2.03. The molecule has 0 spiro atoms. The number of anilines is 1. The second-order valence-corrected chi connectivity index (χ2v) is 4.91. The Labute approximate surface area is 99.9 Å². The number of nitrogens with zero attached hydrogens (tertiary/aromatic N) is 1. The molecule has 0 atom stereocenters. The lowest BCUT2D eigenvalue weighted by molar-refractivity contribution is -0.384. The van der Waals surface area contributed by atoms with Gasteiger partial charge in [-0.2, -0.15) is 0 Å². The van der Waals surface area contributed by atoms with Crippen LogP contribution in [0.2, 0.25) is 0 Å². The number of rotatable bonds is 4. The fraction of sp³-hybridized carbons (Fsp3) is 0.500. The molecular weight excluding hydrogens is 220 g/mol. The van der Waals surface area contributed by atoms with E-state index in [1.54, 1.807) is 12.1 Å². The number of nitro groups is 1. The van der Waals surface area contributed by atoms with Crippen LogP contribution in [-0.4, -0.2) is 24.7 Å². The Bertz CT molecular complexity index is 441. The smallest absolute Gasteiger partial charge is 0.269 e. The number of benzene rings is 1. The normalized spacial score (nSPS) is 17.3. The second-order valence-electron chi connectivity index (χ2n) is 4.91. The number of hydrogen-bond acceptors (Lipinski definition) is 4. The van der Waals surface area contributed by atoms with Crippen molar-refractivity contribution in [2.45, 2.75) is 13.8 Å².